The Morgan fingerprint density at radius 3 is 2.30 bits per heavy atom. The van der Waals surface area contributed by atoms with E-state index >= 15 is 0 Å². The highest BCUT2D eigenvalue weighted by atomic mass is 16.3. The molecule has 1 aliphatic carbocycles. The second-order valence-electron chi connectivity index (χ2n) is 7.30. The number of rotatable bonds is 4. The molecule has 142 valence electrons. The molecule has 2 aromatic rings. The summed E-state index contributed by atoms with van der Waals surface area (Å²) in [5, 5.41) is 10.7. The molecule has 4 nitrogen and oxygen atoms in total. The average Bonchev–Trinajstić information content (AvgIpc) is 2.64. The first-order valence-electron chi connectivity index (χ1n) is 9.54. The van der Waals surface area contributed by atoms with Crippen molar-refractivity contribution in [2.75, 3.05) is 0 Å². The molecule has 0 spiro atoms. The van der Waals surface area contributed by atoms with Gasteiger partial charge in [0.1, 0.15) is 22.8 Å². The third kappa shape index (κ3) is 2.75. The Bertz CT molecular complexity index is 1000. The predicted molar refractivity (Wildman–Crippen MR) is 107 cm³/mol. The van der Waals surface area contributed by atoms with Crippen molar-refractivity contribution in [3.63, 3.8) is 0 Å². The number of aliphatic hydroxyl groups excluding tert-OH is 1. The zero-order valence-electron chi connectivity index (χ0n) is 16.6. The van der Waals surface area contributed by atoms with E-state index in [0.717, 1.165) is 16.7 Å². The van der Waals surface area contributed by atoms with Crippen LogP contribution in [0.15, 0.2) is 39.1 Å². The number of benzene rings is 1. The lowest BCUT2D eigenvalue weighted by Gasteiger charge is -2.35. The molecule has 1 aromatic heterocycles. The highest BCUT2D eigenvalue weighted by Crippen LogP contribution is 2.44. The fourth-order valence-corrected chi connectivity index (χ4v) is 4.06. The quantitative estimate of drug-likeness (QED) is 0.803. The lowest BCUT2D eigenvalue weighted by atomic mass is 9.68. The van der Waals surface area contributed by atoms with Gasteiger partial charge in [-0.05, 0) is 44.7 Å². The Balaban J connectivity index is 2.40. The maximum Gasteiger partial charge on any atom is 0.196 e. The van der Waals surface area contributed by atoms with E-state index in [1.165, 1.54) is 6.07 Å². The van der Waals surface area contributed by atoms with E-state index in [0.29, 0.717) is 36.4 Å². The summed E-state index contributed by atoms with van der Waals surface area (Å²) < 4.78 is 6.22. The van der Waals surface area contributed by atoms with Crippen molar-refractivity contribution in [1.29, 1.82) is 0 Å². The minimum absolute atomic E-state index is 0.138. The fraction of sp³-hybridized carbons (Fsp3) is 0.391. The number of aliphatic hydroxyl groups is 1. The molecule has 4 heteroatoms. The molecule has 0 atom stereocenters. The SMILES string of the molecule is CCC1=C(O)c2c(oc(-c3cc(C)ccc3C)cc2=O)C(CC)(CC)C1=O. The molecule has 0 saturated carbocycles. The number of Topliss-reactive ketones (excluding diaryl/α,β-unsaturated/α-hetero) is 1. The minimum atomic E-state index is -0.917. The second-order valence-corrected chi connectivity index (χ2v) is 7.30. The van der Waals surface area contributed by atoms with Crippen LogP contribution in [0.1, 0.15) is 62.5 Å². The van der Waals surface area contributed by atoms with Crippen molar-refractivity contribution in [3.05, 3.63) is 62.5 Å². The topological polar surface area (TPSA) is 67.5 Å². The molecular formula is C23H26O4. The molecular weight excluding hydrogens is 340 g/mol. The number of hydrogen-bond donors (Lipinski definition) is 1. The summed E-state index contributed by atoms with van der Waals surface area (Å²) >= 11 is 0. The number of ketones is 1. The molecule has 3 rings (SSSR count). The van der Waals surface area contributed by atoms with Gasteiger partial charge in [0.15, 0.2) is 11.2 Å². The van der Waals surface area contributed by atoms with E-state index < -0.39 is 5.41 Å². The number of carbonyl (C=O) groups excluding carboxylic acids is 1. The van der Waals surface area contributed by atoms with E-state index in [1.807, 2.05) is 52.8 Å². The molecule has 0 fully saturated rings. The summed E-state index contributed by atoms with van der Waals surface area (Å²) in [7, 11) is 0. The standard InChI is InChI=1S/C23H26O4/c1-6-15-20(25)19-17(24)12-18(16-11-13(4)9-10-14(16)5)27-22(19)23(7-2,8-3)21(15)26/h9-12,25H,6-8H2,1-5H3. The number of hydrogen-bond acceptors (Lipinski definition) is 4. The van der Waals surface area contributed by atoms with Gasteiger partial charge in [-0.25, -0.2) is 0 Å². The van der Waals surface area contributed by atoms with Crippen LogP contribution in [-0.2, 0) is 10.2 Å². The van der Waals surface area contributed by atoms with Crippen LogP contribution in [0.3, 0.4) is 0 Å². The van der Waals surface area contributed by atoms with Gasteiger partial charge in [0, 0.05) is 17.2 Å². The van der Waals surface area contributed by atoms with Gasteiger partial charge >= 0.3 is 0 Å². The Labute approximate surface area is 159 Å². The van der Waals surface area contributed by atoms with Crippen LogP contribution in [0, 0.1) is 13.8 Å². The minimum Gasteiger partial charge on any atom is -0.507 e. The number of carbonyl (C=O) groups is 1. The Hall–Kier alpha value is -2.62. The van der Waals surface area contributed by atoms with Crippen LogP contribution in [0.4, 0.5) is 0 Å². The van der Waals surface area contributed by atoms with E-state index in [4.69, 9.17) is 4.42 Å². The monoisotopic (exact) mass is 366 g/mol. The van der Waals surface area contributed by atoms with Gasteiger partial charge in [0.25, 0.3) is 0 Å². The van der Waals surface area contributed by atoms with Gasteiger partial charge in [-0.1, -0.05) is 38.5 Å². The molecule has 1 N–H and O–H groups in total. The molecule has 0 unspecified atom stereocenters. The molecule has 0 saturated heterocycles. The van der Waals surface area contributed by atoms with Crippen molar-refractivity contribution in [1.82, 2.24) is 0 Å². The number of aryl methyl sites for hydroxylation is 2. The molecule has 0 radical (unpaired) electrons. The molecule has 0 bridgehead atoms. The van der Waals surface area contributed by atoms with Crippen molar-refractivity contribution < 1.29 is 14.3 Å². The van der Waals surface area contributed by atoms with E-state index in [2.05, 4.69) is 0 Å². The lowest BCUT2D eigenvalue weighted by Crippen LogP contribution is -2.41. The smallest absolute Gasteiger partial charge is 0.196 e. The first-order chi connectivity index (χ1) is 12.8. The lowest BCUT2D eigenvalue weighted by molar-refractivity contribution is -0.122. The number of allylic oxidation sites excluding steroid dienone is 1. The van der Waals surface area contributed by atoms with E-state index in [9.17, 15) is 14.7 Å². The van der Waals surface area contributed by atoms with Crippen LogP contribution in [0.25, 0.3) is 17.1 Å². The third-order valence-electron chi connectivity index (χ3n) is 5.83. The van der Waals surface area contributed by atoms with E-state index in [1.54, 1.807) is 0 Å². The van der Waals surface area contributed by atoms with Crippen molar-refractivity contribution in [2.24, 2.45) is 0 Å². The zero-order chi connectivity index (χ0) is 19.9. The largest absolute Gasteiger partial charge is 0.507 e. The Morgan fingerprint density at radius 2 is 1.70 bits per heavy atom. The zero-order valence-corrected chi connectivity index (χ0v) is 16.6. The summed E-state index contributed by atoms with van der Waals surface area (Å²) in [5.41, 5.74) is 2.10. The maximum absolute atomic E-state index is 13.2. The first kappa shape index (κ1) is 19.2. The van der Waals surface area contributed by atoms with Crippen LogP contribution in [-0.4, -0.2) is 10.9 Å². The van der Waals surface area contributed by atoms with Crippen LogP contribution < -0.4 is 5.43 Å². The van der Waals surface area contributed by atoms with E-state index in [-0.39, 0.29) is 22.5 Å². The Kier molecular flexibility index (Phi) is 4.85. The summed E-state index contributed by atoms with van der Waals surface area (Å²) in [6, 6.07) is 7.38. The van der Waals surface area contributed by atoms with Gasteiger partial charge in [-0.2, -0.15) is 0 Å². The van der Waals surface area contributed by atoms with Crippen LogP contribution in [0.5, 0.6) is 0 Å². The van der Waals surface area contributed by atoms with Gasteiger partial charge < -0.3 is 9.52 Å². The molecule has 27 heavy (non-hydrogen) atoms. The maximum atomic E-state index is 13.2. The summed E-state index contributed by atoms with van der Waals surface area (Å²) in [4.78, 5) is 26.2. The van der Waals surface area contributed by atoms with Crippen LogP contribution in [0.2, 0.25) is 0 Å². The Morgan fingerprint density at radius 1 is 1.04 bits per heavy atom. The van der Waals surface area contributed by atoms with Crippen molar-refractivity contribution in [2.45, 2.75) is 59.3 Å². The predicted octanol–water partition coefficient (Wildman–Crippen LogP) is 5.24. The summed E-state index contributed by atoms with van der Waals surface area (Å²) in [5.74, 6) is 0.375. The first-order valence-corrected chi connectivity index (χ1v) is 9.54. The third-order valence-corrected chi connectivity index (χ3v) is 5.83. The van der Waals surface area contributed by atoms with Crippen molar-refractivity contribution in [3.8, 4) is 11.3 Å². The molecule has 0 aliphatic heterocycles. The van der Waals surface area contributed by atoms with Gasteiger partial charge in [0.05, 0.1) is 5.41 Å². The summed E-state index contributed by atoms with van der Waals surface area (Å²) in [6.45, 7) is 9.60. The molecule has 1 aliphatic rings. The molecule has 0 amide bonds. The summed E-state index contributed by atoms with van der Waals surface area (Å²) in [6.07, 6.45) is 1.39. The highest BCUT2D eigenvalue weighted by molar-refractivity contribution is 6.10. The highest BCUT2D eigenvalue weighted by Gasteiger charge is 2.48. The number of fused-ring (bicyclic) bond motifs is 1. The van der Waals surface area contributed by atoms with Gasteiger partial charge in [-0.3, -0.25) is 9.59 Å². The van der Waals surface area contributed by atoms with Crippen molar-refractivity contribution >= 4 is 11.5 Å². The fourth-order valence-electron chi connectivity index (χ4n) is 4.06. The average molecular weight is 366 g/mol. The molecule has 1 heterocycles. The normalized spacial score (nSPS) is 15.8. The second kappa shape index (κ2) is 6.84. The van der Waals surface area contributed by atoms with Gasteiger partial charge in [-0.15, -0.1) is 0 Å². The molecule has 1 aromatic carbocycles. The van der Waals surface area contributed by atoms with Crippen LogP contribution >= 0.6 is 0 Å². The van der Waals surface area contributed by atoms with Gasteiger partial charge in [0.2, 0.25) is 0 Å².